The number of hydrogen-bond donors (Lipinski definition) is 1. The molecule has 1 heterocycles. The van der Waals surface area contributed by atoms with E-state index >= 15 is 0 Å². The molecule has 1 N–H and O–H groups in total. The summed E-state index contributed by atoms with van der Waals surface area (Å²) < 4.78 is 7.33. The first-order chi connectivity index (χ1) is 9.90. The number of rotatable bonds is 6. The predicted molar refractivity (Wildman–Crippen MR) is 80.1 cm³/mol. The van der Waals surface area contributed by atoms with Gasteiger partial charge in [0.1, 0.15) is 0 Å². The highest BCUT2D eigenvalue weighted by Gasteiger charge is 2.24. The molecule has 0 saturated carbocycles. The number of nitrogens with one attached hydrogen (secondary N) is 1. The van der Waals surface area contributed by atoms with Gasteiger partial charge in [0.05, 0.1) is 6.04 Å². The average Bonchev–Trinajstić information content (AvgIpc) is 3.09. The second-order valence-electron chi connectivity index (χ2n) is 5.18. The summed E-state index contributed by atoms with van der Waals surface area (Å²) in [5, 5.41) is 3.41. The smallest absolute Gasteiger partial charge is 0.203 e. The fourth-order valence-electron chi connectivity index (χ4n) is 2.94. The topological polar surface area (TPSA) is 39.1 Å². The summed E-state index contributed by atoms with van der Waals surface area (Å²) in [7, 11) is 1.73. The van der Waals surface area contributed by atoms with Crippen molar-refractivity contribution in [2.24, 2.45) is 0 Å². The van der Waals surface area contributed by atoms with Gasteiger partial charge in [-0.2, -0.15) is 0 Å². The molecule has 0 fully saturated rings. The Kier molecular flexibility index (Phi) is 4.02. The summed E-state index contributed by atoms with van der Waals surface area (Å²) in [4.78, 5) is 4.44. The van der Waals surface area contributed by atoms with E-state index < -0.39 is 0 Å². The highest BCUT2D eigenvalue weighted by molar-refractivity contribution is 5.38. The van der Waals surface area contributed by atoms with E-state index in [9.17, 15) is 0 Å². The van der Waals surface area contributed by atoms with Crippen LogP contribution < -0.4 is 5.32 Å². The fourth-order valence-corrected chi connectivity index (χ4v) is 2.94. The molecule has 106 valence electrons. The molecular weight excluding hydrogens is 250 g/mol. The summed E-state index contributed by atoms with van der Waals surface area (Å²) >= 11 is 0. The van der Waals surface area contributed by atoms with E-state index in [1.54, 1.807) is 7.11 Å². The van der Waals surface area contributed by atoms with Crippen LogP contribution in [0.3, 0.4) is 0 Å². The summed E-state index contributed by atoms with van der Waals surface area (Å²) in [5.41, 5.74) is 2.90. The van der Waals surface area contributed by atoms with Crippen molar-refractivity contribution < 1.29 is 4.74 Å². The summed E-state index contributed by atoms with van der Waals surface area (Å²) in [6, 6.07) is 9.14. The van der Waals surface area contributed by atoms with Crippen molar-refractivity contribution >= 4 is 5.95 Å². The molecule has 1 aromatic carbocycles. The number of fused-ring (bicyclic) bond motifs is 1. The van der Waals surface area contributed by atoms with Crippen molar-refractivity contribution in [1.82, 2.24) is 9.55 Å². The van der Waals surface area contributed by atoms with Crippen molar-refractivity contribution in [2.75, 3.05) is 25.6 Å². The standard InChI is InChI=1S/C16H21N3O/c1-20-12-4-9-17-16-18-10-11-19(16)15-8-7-13-5-2-3-6-14(13)15/h2-3,5-6,10-11,15H,4,7-9,12H2,1H3,(H,17,18). The minimum Gasteiger partial charge on any atom is -0.385 e. The molecule has 0 saturated heterocycles. The molecule has 1 aromatic heterocycles. The number of benzene rings is 1. The Morgan fingerprint density at radius 1 is 1.40 bits per heavy atom. The highest BCUT2D eigenvalue weighted by Crippen LogP contribution is 2.35. The molecule has 0 spiro atoms. The predicted octanol–water partition coefficient (Wildman–Crippen LogP) is 2.87. The number of aromatic nitrogens is 2. The van der Waals surface area contributed by atoms with Crippen LogP contribution in [-0.2, 0) is 11.2 Å². The molecule has 0 amide bonds. The molecule has 4 nitrogen and oxygen atoms in total. The first-order valence-corrected chi connectivity index (χ1v) is 7.23. The monoisotopic (exact) mass is 271 g/mol. The molecular formula is C16H21N3O. The maximum atomic E-state index is 5.07. The molecule has 4 heteroatoms. The molecule has 2 aromatic rings. The minimum absolute atomic E-state index is 0.415. The van der Waals surface area contributed by atoms with Crippen LogP contribution in [0.25, 0.3) is 0 Å². The van der Waals surface area contributed by atoms with Crippen molar-refractivity contribution in [3.05, 3.63) is 47.8 Å². The third-order valence-corrected chi connectivity index (χ3v) is 3.91. The van der Waals surface area contributed by atoms with Gasteiger partial charge in [0.2, 0.25) is 5.95 Å². The second kappa shape index (κ2) is 6.09. The number of ether oxygens (including phenoxy) is 1. The zero-order chi connectivity index (χ0) is 13.8. The first-order valence-electron chi connectivity index (χ1n) is 7.23. The molecule has 3 rings (SSSR count). The summed E-state index contributed by atoms with van der Waals surface area (Å²) in [6.45, 7) is 1.67. The van der Waals surface area contributed by atoms with Crippen molar-refractivity contribution in [1.29, 1.82) is 0 Å². The Bertz CT molecular complexity index is 564. The van der Waals surface area contributed by atoms with Crippen LogP contribution in [0.1, 0.15) is 30.0 Å². The van der Waals surface area contributed by atoms with E-state index in [0.717, 1.165) is 38.4 Å². The van der Waals surface area contributed by atoms with Gasteiger partial charge in [-0.15, -0.1) is 0 Å². The largest absolute Gasteiger partial charge is 0.385 e. The minimum atomic E-state index is 0.415. The van der Waals surface area contributed by atoms with Gasteiger partial charge < -0.3 is 14.6 Å². The van der Waals surface area contributed by atoms with Crippen molar-refractivity contribution in [3.8, 4) is 0 Å². The van der Waals surface area contributed by atoms with E-state index in [0.29, 0.717) is 6.04 Å². The Balaban J connectivity index is 1.74. The van der Waals surface area contributed by atoms with Crippen molar-refractivity contribution in [2.45, 2.75) is 25.3 Å². The Labute approximate surface area is 119 Å². The van der Waals surface area contributed by atoms with Gasteiger partial charge >= 0.3 is 0 Å². The Morgan fingerprint density at radius 2 is 2.30 bits per heavy atom. The number of imidazole rings is 1. The van der Waals surface area contributed by atoms with Crippen molar-refractivity contribution in [3.63, 3.8) is 0 Å². The third kappa shape index (κ3) is 2.56. The zero-order valence-corrected chi connectivity index (χ0v) is 11.9. The van der Waals surface area contributed by atoms with E-state index in [1.165, 1.54) is 11.1 Å². The van der Waals surface area contributed by atoms with Gasteiger partial charge in [0.15, 0.2) is 0 Å². The third-order valence-electron chi connectivity index (χ3n) is 3.91. The maximum Gasteiger partial charge on any atom is 0.203 e. The Hall–Kier alpha value is -1.81. The van der Waals surface area contributed by atoms with Crippen LogP contribution in [0.4, 0.5) is 5.95 Å². The lowest BCUT2D eigenvalue weighted by Gasteiger charge is -2.17. The van der Waals surface area contributed by atoms with E-state index in [4.69, 9.17) is 4.74 Å². The molecule has 0 bridgehead atoms. The molecule has 1 atom stereocenters. The molecule has 1 aliphatic carbocycles. The van der Waals surface area contributed by atoms with Crippen LogP contribution in [0.2, 0.25) is 0 Å². The molecule has 1 aliphatic rings. The van der Waals surface area contributed by atoms with E-state index in [2.05, 4.69) is 45.3 Å². The number of aryl methyl sites for hydroxylation is 1. The lowest BCUT2D eigenvalue weighted by Crippen LogP contribution is -2.13. The van der Waals surface area contributed by atoms with Crippen LogP contribution in [0.5, 0.6) is 0 Å². The van der Waals surface area contributed by atoms with Gasteiger partial charge in [0.25, 0.3) is 0 Å². The lowest BCUT2D eigenvalue weighted by atomic mass is 10.1. The Morgan fingerprint density at radius 3 is 3.20 bits per heavy atom. The summed E-state index contributed by atoms with van der Waals surface area (Å²) in [6.07, 6.45) is 7.25. The molecule has 20 heavy (non-hydrogen) atoms. The summed E-state index contributed by atoms with van der Waals surface area (Å²) in [5.74, 6) is 0.961. The van der Waals surface area contributed by atoms with Gasteiger partial charge in [-0.1, -0.05) is 24.3 Å². The first kappa shape index (κ1) is 13.2. The van der Waals surface area contributed by atoms with Crippen LogP contribution in [0.15, 0.2) is 36.7 Å². The lowest BCUT2D eigenvalue weighted by molar-refractivity contribution is 0.197. The van der Waals surface area contributed by atoms with Gasteiger partial charge in [0, 0.05) is 32.7 Å². The van der Waals surface area contributed by atoms with Gasteiger partial charge in [-0.3, -0.25) is 0 Å². The zero-order valence-electron chi connectivity index (χ0n) is 11.9. The normalized spacial score (nSPS) is 17.1. The van der Waals surface area contributed by atoms with Gasteiger partial charge in [-0.25, -0.2) is 4.98 Å². The maximum absolute atomic E-state index is 5.07. The number of methoxy groups -OCH3 is 1. The quantitative estimate of drug-likeness (QED) is 0.821. The number of anilines is 1. The molecule has 0 aliphatic heterocycles. The fraction of sp³-hybridized carbons (Fsp3) is 0.438. The van der Waals surface area contributed by atoms with Gasteiger partial charge in [-0.05, 0) is 30.4 Å². The molecule has 1 unspecified atom stereocenters. The average molecular weight is 271 g/mol. The second-order valence-corrected chi connectivity index (χ2v) is 5.18. The highest BCUT2D eigenvalue weighted by atomic mass is 16.5. The number of nitrogens with zero attached hydrogens (tertiary/aromatic N) is 2. The van der Waals surface area contributed by atoms with Crippen LogP contribution in [0, 0.1) is 0 Å². The molecule has 0 radical (unpaired) electrons. The SMILES string of the molecule is COCCCNc1nccn1C1CCc2ccccc21. The van der Waals surface area contributed by atoms with E-state index in [-0.39, 0.29) is 0 Å². The number of hydrogen-bond acceptors (Lipinski definition) is 3. The van der Waals surface area contributed by atoms with E-state index in [1.807, 2.05) is 6.20 Å². The van der Waals surface area contributed by atoms with Crippen LogP contribution >= 0.6 is 0 Å². The van der Waals surface area contributed by atoms with Crippen LogP contribution in [-0.4, -0.2) is 29.8 Å².